The second-order valence-electron chi connectivity index (χ2n) is 12.0. The summed E-state index contributed by atoms with van der Waals surface area (Å²) in [6, 6.07) is 12.4. The molecule has 0 aliphatic carbocycles. The van der Waals surface area contributed by atoms with Crippen molar-refractivity contribution in [3.63, 3.8) is 0 Å². The maximum absolute atomic E-state index is 11.4. The van der Waals surface area contributed by atoms with Crippen LogP contribution in [0.3, 0.4) is 0 Å². The third kappa shape index (κ3) is 8.86. The number of rotatable bonds is 9. The number of benzene rings is 2. The molecule has 0 unspecified atom stereocenters. The number of hydrogen-bond donors (Lipinski definition) is 3. The van der Waals surface area contributed by atoms with Crippen LogP contribution in [0, 0.1) is 0 Å². The zero-order chi connectivity index (χ0) is 33.6. The molecule has 14 heteroatoms. The van der Waals surface area contributed by atoms with Crippen LogP contribution in [0.25, 0.3) is 10.9 Å². The number of nitrogens with two attached hydrogens (primary N) is 1. The molecule has 0 bridgehead atoms. The Morgan fingerprint density at radius 1 is 1.15 bits per heavy atom. The van der Waals surface area contributed by atoms with Gasteiger partial charge in [0.05, 0.1) is 43.5 Å². The van der Waals surface area contributed by atoms with Crippen LogP contribution in [-0.2, 0) is 33.6 Å². The van der Waals surface area contributed by atoms with Gasteiger partial charge < -0.3 is 29.6 Å². The van der Waals surface area contributed by atoms with Crippen molar-refractivity contribution in [3.05, 3.63) is 65.7 Å². The highest BCUT2D eigenvalue weighted by atomic mass is 32.2. The van der Waals surface area contributed by atoms with Crippen LogP contribution in [0.5, 0.6) is 17.4 Å². The van der Waals surface area contributed by atoms with Gasteiger partial charge in [-0.05, 0) is 35.2 Å². The fraction of sp³-hybridized carbons (Fsp3) is 0.406. The standard InChI is InChI=1S/C20H22N4O4.C12H20N2O3S/c1-23-15(20(25)26)13-14-3-2-4-16(19(14)23)28-18-5-7-21-17(22-18)6-8-24-9-11-27-12-10-24;1-12(2,3)8-6-9(13)11(17-4)10(7-8)14-18(5,15)16/h2-5,7,13H,6,8-12H2,1H3,(H,25,26);6-7,14H,13H2,1-5H3. The monoisotopic (exact) mass is 654 g/mol. The summed E-state index contributed by atoms with van der Waals surface area (Å²) in [4.78, 5) is 22.6. The van der Waals surface area contributed by atoms with Gasteiger partial charge in [-0.3, -0.25) is 9.62 Å². The summed E-state index contributed by atoms with van der Waals surface area (Å²) in [5.74, 6) is 1.09. The zero-order valence-corrected chi connectivity index (χ0v) is 27.8. The zero-order valence-electron chi connectivity index (χ0n) is 27.0. The highest BCUT2D eigenvalue weighted by Gasteiger charge is 2.20. The van der Waals surface area contributed by atoms with E-state index < -0.39 is 16.0 Å². The third-order valence-electron chi connectivity index (χ3n) is 7.37. The fourth-order valence-corrected chi connectivity index (χ4v) is 5.56. The highest BCUT2D eigenvalue weighted by Crippen LogP contribution is 2.37. The van der Waals surface area contributed by atoms with Crippen molar-refractivity contribution < 1.29 is 32.5 Å². The predicted octanol–water partition coefficient (Wildman–Crippen LogP) is 4.28. The number of nitrogen functional groups attached to an aromatic ring is 1. The number of ether oxygens (including phenoxy) is 3. The van der Waals surface area contributed by atoms with E-state index in [-0.39, 0.29) is 11.1 Å². The number of para-hydroxylation sites is 1. The number of aryl methyl sites for hydroxylation is 1. The quantitative estimate of drug-likeness (QED) is 0.220. The molecule has 0 amide bonds. The van der Waals surface area contributed by atoms with E-state index in [2.05, 4.69) is 19.6 Å². The van der Waals surface area contributed by atoms with E-state index in [0.717, 1.165) is 56.5 Å². The van der Waals surface area contributed by atoms with E-state index in [9.17, 15) is 18.3 Å². The summed E-state index contributed by atoms with van der Waals surface area (Å²) in [6.45, 7) is 10.3. The van der Waals surface area contributed by atoms with Crippen LogP contribution < -0.4 is 19.9 Å². The van der Waals surface area contributed by atoms with Crippen molar-refractivity contribution in [2.75, 3.05) is 56.7 Å². The van der Waals surface area contributed by atoms with Gasteiger partial charge in [-0.2, -0.15) is 4.98 Å². The first-order valence-corrected chi connectivity index (χ1v) is 16.6. The Morgan fingerprint density at radius 3 is 2.50 bits per heavy atom. The van der Waals surface area contributed by atoms with E-state index in [1.165, 1.54) is 7.11 Å². The van der Waals surface area contributed by atoms with Crippen LogP contribution in [0.2, 0.25) is 0 Å². The lowest BCUT2D eigenvalue weighted by molar-refractivity contribution is 0.0382. The minimum absolute atomic E-state index is 0.131. The van der Waals surface area contributed by atoms with Gasteiger partial charge in [0.2, 0.25) is 15.9 Å². The Morgan fingerprint density at radius 2 is 1.87 bits per heavy atom. The van der Waals surface area contributed by atoms with Crippen molar-refractivity contribution in [3.8, 4) is 17.4 Å². The molecule has 1 aliphatic heterocycles. The van der Waals surface area contributed by atoms with Crippen molar-refractivity contribution in [2.24, 2.45) is 7.05 Å². The summed E-state index contributed by atoms with van der Waals surface area (Å²) in [7, 11) is -0.205. The van der Waals surface area contributed by atoms with Gasteiger partial charge in [-0.15, -0.1) is 0 Å². The molecule has 46 heavy (non-hydrogen) atoms. The third-order valence-corrected chi connectivity index (χ3v) is 7.96. The molecule has 0 saturated carbocycles. The van der Waals surface area contributed by atoms with Crippen LogP contribution in [-0.4, -0.2) is 85.1 Å². The average Bonchev–Trinajstić information content (AvgIpc) is 3.33. The molecule has 1 fully saturated rings. The number of nitrogens with zero attached hydrogens (tertiary/aromatic N) is 4. The minimum Gasteiger partial charge on any atom is -0.492 e. The topological polar surface area (TPSA) is 171 Å². The summed E-state index contributed by atoms with van der Waals surface area (Å²) in [5.41, 5.74) is 8.40. The molecule has 0 spiro atoms. The summed E-state index contributed by atoms with van der Waals surface area (Å²) in [5, 5.41) is 10.2. The molecule has 3 heterocycles. The first-order valence-electron chi connectivity index (χ1n) is 14.7. The Balaban J connectivity index is 0.000000232. The summed E-state index contributed by atoms with van der Waals surface area (Å²) in [6.07, 6.45) is 3.51. The number of aromatic carboxylic acids is 1. The SMILES string of the molecule is COc1c(N)cc(C(C)(C)C)cc1NS(C)(=O)=O.Cn1c(C(=O)O)cc2cccc(Oc3ccnc(CCN4CCOCC4)n3)c21. The Hall–Kier alpha value is -4.40. The van der Waals surface area contributed by atoms with E-state index in [4.69, 9.17) is 19.9 Å². The number of anilines is 2. The van der Waals surface area contributed by atoms with Gasteiger partial charge in [0, 0.05) is 50.8 Å². The largest absolute Gasteiger partial charge is 0.492 e. The van der Waals surface area contributed by atoms with Crippen LogP contribution in [0.15, 0.2) is 48.7 Å². The molecular formula is C32H42N6O7S. The molecule has 1 saturated heterocycles. The number of fused-ring (bicyclic) bond motifs is 1. The van der Waals surface area contributed by atoms with Crippen LogP contribution in [0.4, 0.5) is 11.4 Å². The number of methoxy groups -OCH3 is 1. The summed E-state index contributed by atoms with van der Waals surface area (Å²) >= 11 is 0. The Bertz CT molecular complexity index is 1790. The van der Waals surface area contributed by atoms with Crippen LogP contribution >= 0.6 is 0 Å². The van der Waals surface area contributed by atoms with Crippen molar-refractivity contribution in [2.45, 2.75) is 32.6 Å². The number of nitrogens with one attached hydrogen (secondary N) is 1. The number of sulfonamides is 1. The first-order chi connectivity index (χ1) is 21.7. The molecule has 1 aliphatic rings. The number of aromatic nitrogens is 3. The molecular weight excluding hydrogens is 612 g/mol. The number of carboxylic acid groups (broad SMARTS) is 1. The maximum atomic E-state index is 11.4. The lowest BCUT2D eigenvalue weighted by atomic mass is 9.86. The molecule has 4 aromatic rings. The number of carbonyl (C=O) groups is 1. The van der Waals surface area contributed by atoms with E-state index >= 15 is 0 Å². The molecule has 0 atom stereocenters. The first kappa shape index (κ1) is 34.5. The maximum Gasteiger partial charge on any atom is 0.352 e. The molecule has 13 nitrogen and oxygen atoms in total. The molecule has 2 aromatic heterocycles. The van der Waals surface area contributed by atoms with Gasteiger partial charge in [0.25, 0.3) is 0 Å². The molecule has 4 N–H and O–H groups in total. The average molecular weight is 655 g/mol. The Kier molecular flexibility index (Phi) is 10.8. The number of morpholine rings is 1. The van der Waals surface area contributed by atoms with E-state index in [0.29, 0.717) is 40.1 Å². The fourth-order valence-electron chi connectivity index (χ4n) is 5.01. The number of carboxylic acids is 1. The highest BCUT2D eigenvalue weighted by molar-refractivity contribution is 7.92. The minimum atomic E-state index is -3.37. The predicted molar refractivity (Wildman–Crippen MR) is 178 cm³/mol. The molecule has 5 rings (SSSR count). The molecule has 0 radical (unpaired) electrons. The Labute approximate surface area is 269 Å². The lowest BCUT2D eigenvalue weighted by Crippen LogP contribution is -2.37. The van der Waals surface area contributed by atoms with Crippen LogP contribution in [0.1, 0.15) is 42.6 Å². The number of hydrogen-bond acceptors (Lipinski definition) is 10. The van der Waals surface area contributed by atoms with Crippen molar-refractivity contribution in [1.29, 1.82) is 0 Å². The van der Waals surface area contributed by atoms with Crippen molar-refractivity contribution in [1.82, 2.24) is 19.4 Å². The van der Waals surface area contributed by atoms with Crippen molar-refractivity contribution >= 4 is 38.3 Å². The van der Waals surface area contributed by atoms with Gasteiger partial charge >= 0.3 is 5.97 Å². The van der Waals surface area contributed by atoms with Gasteiger partial charge in [-0.25, -0.2) is 18.2 Å². The second-order valence-corrected chi connectivity index (χ2v) is 13.7. The smallest absolute Gasteiger partial charge is 0.352 e. The molecule has 2 aromatic carbocycles. The summed E-state index contributed by atoms with van der Waals surface area (Å²) < 4.78 is 43.2. The lowest BCUT2D eigenvalue weighted by Gasteiger charge is -2.26. The van der Waals surface area contributed by atoms with E-state index in [1.807, 2.05) is 39.0 Å². The van der Waals surface area contributed by atoms with Gasteiger partial charge in [0.1, 0.15) is 11.5 Å². The van der Waals surface area contributed by atoms with E-state index in [1.54, 1.807) is 42.1 Å². The van der Waals surface area contributed by atoms with Gasteiger partial charge in [-0.1, -0.05) is 32.9 Å². The normalized spacial score (nSPS) is 14.0. The van der Waals surface area contributed by atoms with Gasteiger partial charge in [0.15, 0.2) is 11.5 Å². The molecule has 248 valence electrons. The second kappa shape index (κ2) is 14.4.